The van der Waals surface area contributed by atoms with Crippen LogP contribution >= 0.6 is 0 Å². The Hall–Kier alpha value is -0.0800. The second-order valence-corrected chi connectivity index (χ2v) is 3.70. The highest BCUT2D eigenvalue weighted by molar-refractivity contribution is 4.87. The second-order valence-electron chi connectivity index (χ2n) is 3.70. The fraction of sp³-hybridized carbons (Fsp3) is 1.00. The van der Waals surface area contributed by atoms with Crippen molar-refractivity contribution in [1.29, 1.82) is 0 Å². The Balaban J connectivity index is 2.38. The quantitative estimate of drug-likeness (QED) is 0.572. The van der Waals surface area contributed by atoms with Crippen molar-refractivity contribution in [2.75, 3.05) is 6.61 Å². The van der Waals surface area contributed by atoms with Gasteiger partial charge in [0, 0.05) is 5.54 Å². The first-order valence-electron chi connectivity index (χ1n) is 4.06. The van der Waals surface area contributed by atoms with Crippen molar-refractivity contribution in [3.05, 3.63) is 0 Å². The molecule has 0 atom stereocenters. The summed E-state index contributed by atoms with van der Waals surface area (Å²) in [5.41, 5.74) is 5.63. The van der Waals surface area contributed by atoms with Crippen LogP contribution in [0.1, 0.15) is 32.6 Å². The van der Waals surface area contributed by atoms with Gasteiger partial charge in [-0.2, -0.15) is 0 Å². The summed E-state index contributed by atoms with van der Waals surface area (Å²) in [6, 6.07) is 0. The van der Waals surface area contributed by atoms with Gasteiger partial charge in [-0.25, -0.2) is 0 Å². The van der Waals surface area contributed by atoms with Gasteiger partial charge in [-0.3, -0.25) is 0 Å². The molecule has 1 saturated carbocycles. The van der Waals surface area contributed by atoms with Gasteiger partial charge < -0.3 is 10.8 Å². The molecule has 0 unspecified atom stereocenters. The van der Waals surface area contributed by atoms with Crippen molar-refractivity contribution >= 4 is 0 Å². The molecule has 0 saturated heterocycles. The van der Waals surface area contributed by atoms with Crippen LogP contribution in [0.3, 0.4) is 0 Å². The van der Waals surface area contributed by atoms with Crippen molar-refractivity contribution < 1.29 is 5.11 Å². The SMILES string of the molecule is CC1CCC(N)(CO)CC1. The van der Waals surface area contributed by atoms with E-state index in [1.807, 2.05) is 0 Å². The lowest BCUT2D eigenvalue weighted by molar-refractivity contribution is 0.140. The number of aliphatic hydroxyl groups excluding tert-OH is 1. The molecule has 0 aromatic heterocycles. The van der Waals surface area contributed by atoms with Crippen LogP contribution in [0.15, 0.2) is 0 Å². The van der Waals surface area contributed by atoms with E-state index in [1.54, 1.807) is 0 Å². The highest BCUT2D eigenvalue weighted by atomic mass is 16.3. The van der Waals surface area contributed by atoms with Crippen LogP contribution in [0.4, 0.5) is 0 Å². The maximum absolute atomic E-state index is 8.91. The lowest BCUT2D eigenvalue weighted by Crippen LogP contribution is -2.46. The van der Waals surface area contributed by atoms with E-state index in [1.165, 1.54) is 12.8 Å². The molecule has 1 fully saturated rings. The molecule has 0 aromatic carbocycles. The number of aliphatic hydroxyl groups is 1. The third kappa shape index (κ3) is 1.70. The van der Waals surface area contributed by atoms with Gasteiger partial charge in [0.2, 0.25) is 0 Å². The Morgan fingerprint density at radius 3 is 2.40 bits per heavy atom. The lowest BCUT2D eigenvalue weighted by atomic mass is 9.78. The topological polar surface area (TPSA) is 46.2 Å². The molecule has 60 valence electrons. The maximum Gasteiger partial charge on any atom is 0.0611 e. The van der Waals surface area contributed by atoms with E-state index in [4.69, 9.17) is 10.8 Å². The average molecular weight is 143 g/mol. The number of nitrogens with two attached hydrogens (primary N) is 1. The zero-order valence-corrected chi connectivity index (χ0v) is 6.64. The minimum Gasteiger partial charge on any atom is -0.394 e. The van der Waals surface area contributed by atoms with E-state index in [9.17, 15) is 0 Å². The second kappa shape index (κ2) is 2.89. The smallest absolute Gasteiger partial charge is 0.0611 e. The number of hydrogen-bond acceptors (Lipinski definition) is 2. The van der Waals surface area contributed by atoms with Gasteiger partial charge in [0.1, 0.15) is 0 Å². The first-order chi connectivity index (χ1) is 4.66. The summed E-state index contributed by atoms with van der Waals surface area (Å²) >= 11 is 0. The van der Waals surface area contributed by atoms with Gasteiger partial charge in [0.15, 0.2) is 0 Å². The van der Waals surface area contributed by atoms with Crippen LogP contribution in [0.25, 0.3) is 0 Å². The molecule has 1 aliphatic rings. The predicted octanol–water partition coefficient (Wildman–Crippen LogP) is 0.886. The monoisotopic (exact) mass is 143 g/mol. The summed E-state index contributed by atoms with van der Waals surface area (Å²) in [5, 5.41) is 8.91. The van der Waals surface area contributed by atoms with E-state index in [0.29, 0.717) is 0 Å². The average Bonchev–Trinajstić information content (AvgIpc) is 1.96. The highest BCUT2D eigenvalue weighted by Gasteiger charge is 2.28. The molecular weight excluding hydrogens is 126 g/mol. The minimum atomic E-state index is -0.244. The van der Waals surface area contributed by atoms with Crippen molar-refractivity contribution in [3.8, 4) is 0 Å². The summed E-state index contributed by atoms with van der Waals surface area (Å²) in [6.07, 6.45) is 4.34. The maximum atomic E-state index is 8.91. The Kier molecular flexibility index (Phi) is 2.32. The summed E-state index contributed by atoms with van der Waals surface area (Å²) in [5.74, 6) is 0.809. The molecule has 0 aromatic rings. The van der Waals surface area contributed by atoms with Gasteiger partial charge >= 0.3 is 0 Å². The zero-order valence-electron chi connectivity index (χ0n) is 6.64. The molecule has 0 radical (unpaired) electrons. The number of hydrogen-bond donors (Lipinski definition) is 2. The van der Waals surface area contributed by atoms with E-state index < -0.39 is 0 Å². The first kappa shape index (κ1) is 8.02. The first-order valence-corrected chi connectivity index (χ1v) is 4.06. The molecule has 0 bridgehead atoms. The lowest BCUT2D eigenvalue weighted by Gasteiger charge is -2.34. The van der Waals surface area contributed by atoms with Crippen LogP contribution in [-0.4, -0.2) is 17.3 Å². The predicted molar refractivity (Wildman–Crippen MR) is 41.6 cm³/mol. The van der Waals surface area contributed by atoms with Crippen LogP contribution in [-0.2, 0) is 0 Å². The van der Waals surface area contributed by atoms with Crippen LogP contribution in [0, 0.1) is 5.92 Å². The van der Waals surface area contributed by atoms with Gasteiger partial charge in [0.25, 0.3) is 0 Å². The summed E-state index contributed by atoms with van der Waals surface area (Å²) in [6.45, 7) is 2.40. The molecule has 3 N–H and O–H groups in total. The van der Waals surface area contributed by atoms with E-state index >= 15 is 0 Å². The molecule has 0 heterocycles. The molecule has 0 aliphatic heterocycles. The molecule has 1 aliphatic carbocycles. The summed E-state index contributed by atoms with van der Waals surface area (Å²) in [4.78, 5) is 0. The van der Waals surface area contributed by atoms with Crippen molar-refractivity contribution in [3.63, 3.8) is 0 Å². The summed E-state index contributed by atoms with van der Waals surface area (Å²) < 4.78 is 0. The van der Waals surface area contributed by atoms with Gasteiger partial charge in [-0.15, -0.1) is 0 Å². The standard InChI is InChI=1S/C8H17NO/c1-7-2-4-8(9,6-10)5-3-7/h7,10H,2-6,9H2,1H3. The van der Waals surface area contributed by atoms with Gasteiger partial charge in [-0.1, -0.05) is 6.92 Å². The summed E-state index contributed by atoms with van der Waals surface area (Å²) in [7, 11) is 0. The van der Waals surface area contributed by atoms with Crippen LogP contribution < -0.4 is 5.73 Å². The van der Waals surface area contributed by atoms with Crippen LogP contribution in [0.5, 0.6) is 0 Å². The molecule has 0 amide bonds. The van der Waals surface area contributed by atoms with Crippen molar-refractivity contribution in [2.45, 2.75) is 38.1 Å². The van der Waals surface area contributed by atoms with E-state index in [-0.39, 0.29) is 12.1 Å². The number of rotatable bonds is 1. The van der Waals surface area contributed by atoms with Crippen LogP contribution in [0.2, 0.25) is 0 Å². The Morgan fingerprint density at radius 2 is 2.00 bits per heavy atom. The molecule has 2 nitrogen and oxygen atoms in total. The molecular formula is C8H17NO. The normalized spacial score (nSPS) is 41.7. The Morgan fingerprint density at radius 1 is 1.50 bits per heavy atom. The highest BCUT2D eigenvalue weighted by Crippen LogP contribution is 2.29. The van der Waals surface area contributed by atoms with Gasteiger partial charge in [0.05, 0.1) is 6.61 Å². The van der Waals surface area contributed by atoms with Gasteiger partial charge in [-0.05, 0) is 31.6 Å². The Bertz CT molecular complexity index is 106. The zero-order chi connectivity index (χ0) is 7.61. The molecule has 10 heavy (non-hydrogen) atoms. The Labute approximate surface area is 62.4 Å². The molecule has 0 spiro atoms. The fourth-order valence-electron chi connectivity index (χ4n) is 1.50. The van der Waals surface area contributed by atoms with Crippen molar-refractivity contribution in [2.24, 2.45) is 11.7 Å². The van der Waals surface area contributed by atoms with E-state index in [0.717, 1.165) is 18.8 Å². The van der Waals surface area contributed by atoms with Crippen molar-refractivity contribution in [1.82, 2.24) is 0 Å². The molecule has 2 heteroatoms. The third-order valence-corrected chi connectivity index (χ3v) is 2.58. The molecule has 1 rings (SSSR count). The fourth-order valence-corrected chi connectivity index (χ4v) is 1.50. The third-order valence-electron chi connectivity index (χ3n) is 2.58. The minimum absolute atomic E-state index is 0.153. The van der Waals surface area contributed by atoms with E-state index in [2.05, 4.69) is 6.92 Å². The largest absolute Gasteiger partial charge is 0.394 e.